The molecule has 4 aromatic rings. The van der Waals surface area contributed by atoms with E-state index < -0.39 is 30.2 Å². The van der Waals surface area contributed by atoms with Gasteiger partial charge in [0.15, 0.2) is 5.82 Å². The number of aromatic amines is 1. The molecule has 0 unspecified atom stereocenters. The lowest BCUT2D eigenvalue weighted by Gasteiger charge is -2.49. The van der Waals surface area contributed by atoms with E-state index in [0.717, 1.165) is 0 Å². The molecule has 3 aromatic heterocycles. The van der Waals surface area contributed by atoms with Gasteiger partial charge in [-0.05, 0) is 30.3 Å². The molecule has 35 heavy (non-hydrogen) atoms. The molecule has 182 valence electrons. The predicted molar refractivity (Wildman–Crippen MR) is 119 cm³/mol. The van der Waals surface area contributed by atoms with Crippen LogP contribution >= 0.6 is 0 Å². The normalized spacial score (nSPS) is 14.9. The number of aliphatic hydroxyl groups excluding tert-OH is 1. The molecule has 0 radical (unpaired) electrons. The molecule has 0 aliphatic carbocycles. The molecule has 1 aliphatic heterocycles. The Balaban J connectivity index is 1.29. The molecule has 13 heteroatoms. The molecule has 0 amide bonds. The van der Waals surface area contributed by atoms with Crippen molar-refractivity contribution in [2.24, 2.45) is 12.5 Å². The number of halogens is 4. The monoisotopic (exact) mass is 488 g/mol. The van der Waals surface area contributed by atoms with Crippen LogP contribution in [0.4, 0.5) is 35.0 Å². The van der Waals surface area contributed by atoms with E-state index in [1.165, 1.54) is 29.2 Å². The minimum absolute atomic E-state index is 0.0198. The molecule has 1 fully saturated rings. The Morgan fingerprint density at radius 1 is 1.14 bits per heavy atom. The third-order valence-electron chi connectivity index (χ3n) is 5.99. The van der Waals surface area contributed by atoms with E-state index in [-0.39, 0.29) is 24.2 Å². The molecular weight excluding hydrogens is 468 g/mol. The number of aryl methyl sites for hydroxylation is 1. The quantitative estimate of drug-likeness (QED) is 0.343. The molecule has 9 nitrogen and oxygen atoms in total. The molecule has 0 saturated carbocycles. The van der Waals surface area contributed by atoms with E-state index in [9.17, 15) is 22.7 Å². The van der Waals surface area contributed by atoms with E-state index in [2.05, 4.69) is 30.6 Å². The highest BCUT2D eigenvalue weighted by Crippen LogP contribution is 2.38. The van der Waals surface area contributed by atoms with Gasteiger partial charge >= 0.3 is 0 Å². The maximum atomic E-state index is 14.6. The van der Waals surface area contributed by atoms with Crippen molar-refractivity contribution in [1.29, 1.82) is 0 Å². The fraction of sp³-hybridized carbons (Fsp3) is 0.273. The number of alkyl halides is 2. The van der Waals surface area contributed by atoms with Gasteiger partial charge in [-0.1, -0.05) is 0 Å². The number of rotatable bonds is 7. The van der Waals surface area contributed by atoms with Gasteiger partial charge in [0.25, 0.3) is 0 Å². The van der Waals surface area contributed by atoms with Crippen molar-refractivity contribution < 1.29 is 22.7 Å². The van der Waals surface area contributed by atoms with Gasteiger partial charge in [-0.3, -0.25) is 5.10 Å². The zero-order chi connectivity index (χ0) is 24.7. The van der Waals surface area contributed by atoms with Gasteiger partial charge in [0, 0.05) is 43.1 Å². The standard InChI is InChI=1S/C22H20F4N8O/c1-33-21(29-13-3-4-14(16(23)6-13)15-8-28-31-18(15)24)30-19(32-33)12-2-5-17(27-7-12)34-9-22(10-34,11-35)20(25)26/h2-8,20,35H,9-11H2,1H3,(H,28,31)(H,29,30,32). The summed E-state index contributed by atoms with van der Waals surface area (Å²) in [6.07, 6.45) is 0.131. The van der Waals surface area contributed by atoms with Crippen molar-refractivity contribution in [2.45, 2.75) is 6.43 Å². The molecular formula is C22H20F4N8O. The number of nitrogens with zero attached hydrogens (tertiary/aromatic N) is 6. The van der Waals surface area contributed by atoms with Crippen molar-refractivity contribution in [3.63, 3.8) is 0 Å². The zero-order valence-electron chi connectivity index (χ0n) is 18.4. The first-order valence-corrected chi connectivity index (χ1v) is 10.6. The van der Waals surface area contributed by atoms with E-state index in [4.69, 9.17) is 0 Å². The van der Waals surface area contributed by atoms with Crippen LogP contribution < -0.4 is 10.2 Å². The van der Waals surface area contributed by atoms with Gasteiger partial charge < -0.3 is 15.3 Å². The summed E-state index contributed by atoms with van der Waals surface area (Å²) in [7, 11) is 1.66. The summed E-state index contributed by atoms with van der Waals surface area (Å²) >= 11 is 0. The first-order valence-electron chi connectivity index (χ1n) is 10.6. The molecule has 5 rings (SSSR count). The summed E-state index contributed by atoms with van der Waals surface area (Å²) < 4.78 is 56.0. The summed E-state index contributed by atoms with van der Waals surface area (Å²) in [6, 6.07) is 7.62. The number of H-pyrrole nitrogens is 1. The second-order valence-electron chi connectivity index (χ2n) is 8.38. The highest BCUT2D eigenvalue weighted by atomic mass is 19.3. The number of aliphatic hydroxyl groups is 1. The molecule has 1 aromatic carbocycles. The van der Waals surface area contributed by atoms with Crippen molar-refractivity contribution in [3.05, 3.63) is 54.5 Å². The third kappa shape index (κ3) is 4.07. The molecule has 1 aliphatic rings. The van der Waals surface area contributed by atoms with Crippen molar-refractivity contribution in [3.8, 4) is 22.5 Å². The fourth-order valence-corrected chi connectivity index (χ4v) is 3.90. The van der Waals surface area contributed by atoms with Gasteiger partial charge in [0.1, 0.15) is 11.6 Å². The number of aromatic nitrogens is 6. The largest absolute Gasteiger partial charge is 0.395 e. The average molecular weight is 488 g/mol. The van der Waals surface area contributed by atoms with Crippen molar-refractivity contribution in [1.82, 2.24) is 29.9 Å². The number of pyridine rings is 1. The molecule has 0 spiro atoms. The summed E-state index contributed by atoms with van der Waals surface area (Å²) in [5.41, 5.74) is -0.334. The smallest absolute Gasteiger partial charge is 0.249 e. The van der Waals surface area contributed by atoms with Gasteiger partial charge in [0.2, 0.25) is 18.3 Å². The zero-order valence-corrected chi connectivity index (χ0v) is 18.4. The van der Waals surface area contributed by atoms with Crippen LogP contribution in [0.15, 0.2) is 42.7 Å². The Bertz CT molecular complexity index is 1350. The number of hydrogen-bond acceptors (Lipinski definition) is 7. The van der Waals surface area contributed by atoms with Gasteiger partial charge in [-0.15, -0.1) is 5.10 Å². The van der Waals surface area contributed by atoms with Gasteiger partial charge in [-0.25, -0.2) is 22.8 Å². The Kier molecular flexibility index (Phi) is 5.63. The van der Waals surface area contributed by atoms with Crippen LogP contribution in [-0.2, 0) is 7.05 Å². The highest BCUT2D eigenvalue weighted by molar-refractivity contribution is 5.68. The lowest BCUT2D eigenvalue weighted by molar-refractivity contribution is -0.0602. The maximum absolute atomic E-state index is 14.6. The number of nitrogens with one attached hydrogen (secondary N) is 2. The summed E-state index contributed by atoms with van der Waals surface area (Å²) in [4.78, 5) is 10.4. The van der Waals surface area contributed by atoms with Crippen molar-refractivity contribution in [2.75, 3.05) is 29.9 Å². The lowest BCUT2D eigenvalue weighted by atomic mass is 9.81. The Morgan fingerprint density at radius 3 is 2.54 bits per heavy atom. The van der Waals surface area contributed by atoms with E-state index in [1.54, 1.807) is 30.1 Å². The number of anilines is 3. The molecule has 1 saturated heterocycles. The van der Waals surface area contributed by atoms with Crippen LogP contribution in [-0.4, -0.2) is 61.2 Å². The van der Waals surface area contributed by atoms with Gasteiger partial charge in [-0.2, -0.15) is 14.5 Å². The number of hydrogen-bond donors (Lipinski definition) is 3. The second kappa shape index (κ2) is 8.65. The third-order valence-corrected chi connectivity index (χ3v) is 5.99. The summed E-state index contributed by atoms with van der Waals surface area (Å²) in [6.45, 7) is -0.544. The van der Waals surface area contributed by atoms with Crippen LogP contribution in [0.3, 0.4) is 0 Å². The second-order valence-corrected chi connectivity index (χ2v) is 8.38. The van der Waals surface area contributed by atoms with Crippen LogP contribution in [0.25, 0.3) is 22.5 Å². The van der Waals surface area contributed by atoms with Crippen molar-refractivity contribution >= 4 is 17.5 Å². The van der Waals surface area contributed by atoms with Crippen LogP contribution in [0.5, 0.6) is 0 Å². The fourth-order valence-electron chi connectivity index (χ4n) is 3.90. The molecule has 0 atom stereocenters. The topological polar surface area (TPSA) is 108 Å². The minimum Gasteiger partial charge on any atom is -0.395 e. The Hall–Kier alpha value is -4.00. The first kappa shape index (κ1) is 22.8. The summed E-state index contributed by atoms with van der Waals surface area (Å²) in [5, 5.41) is 22.3. The van der Waals surface area contributed by atoms with Crippen LogP contribution in [0.2, 0.25) is 0 Å². The maximum Gasteiger partial charge on any atom is 0.249 e. The SMILES string of the molecule is Cn1nc(-c2ccc(N3CC(CO)(C(F)F)C3)nc2)nc1Nc1ccc(-c2cn[nH]c2F)c(F)c1. The average Bonchev–Trinajstić information content (AvgIpc) is 3.39. The van der Waals surface area contributed by atoms with Gasteiger partial charge in [0.05, 0.1) is 23.8 Å². The lowest BCUT2D eigenvalue weighted by Crippen LogP contribution is -2.62. The minimum atomic E-state index is -2.61. The highest BCUT2D eigenvalue weighted by Gasteiger charge is 2.50. The molecule has 0 bridgehead atoms. The molecule has 4 heterocycles. The number of benzene rings is 1. The van der Waals surface area contributed by atoms with E-state index in [1.807, 2.05) is 0 Å². The Labute approximate surface area is 196 Å². The van der Waals surface area contributed by atoms with E-state index >= 15 is 0 Å². The predicted octanol–water partition coefficient (Wildman–Crippen LogP) is 3.35. The van der Waals surface area contributed by atoms with Crippen LogP contribution in [0.1, 0.15) is 0 Å². The summed E-state index contributed by atoms with van der Waals surface area (Å²) in [5.74, 6) is -0.165. The first-order chi connectivity index (χ1) is 16.8. The Morgan fingerprint density at radius 2 is 1.94 bits per heavy atom. The molecule has 3 N–H and O–H groups in total. The van der Waals surface area contributed by atoms with Crippen LogP contribution in [0, 0.1) is 17.2 Å². The van der Waals surface area contributed by atoms with E-state index in [0.29, 0.717) is 28.8 Å².